The fourth-order valence-corrected chi connectivity index (χ4v) is 2.58. The van der Waals surface area contributed by atoms with Gasteiger partial charge in [0, 0.05) is 5.92 Å². The molecule has 4 heteroatoms. The second kappa shape index (κ2) is 2.44. The minimum absolute atomic E-state index is 0.00565. The number of carbonyl (C=O) groups is 1. The highest BCUT2D eigenvalue weighted by Gasteiger charge is 2.53. The van der Waals surface area contributed by atoms with Gasteiger partial charge in [-0.2, -0.15) is 0 Å². The smallest absolute Gasteiger partial charge is 0.306 e. The van der Waals surface area contributed by atoms with Crippen LogP contribution in [0.3, 0.4) is 0 Å². The molecule has 0 heterocycles. The summed E-state index contributed by atoms with van der Waals surface area (Å²) in [6.07, 6.45) is -0.312. The minimum Gasteiger partial charge on any atom is -0.481 e. The number of fused-ring (bicyclic) bond motifs is 2. The molecule has 3 N–H and O–H groups in total. The maximum Gasteiger partial charge on any atom is 0.306 e. The Bertz CT molecular complexity index is 213. The quantitative estimate of drug-likeness (QED) is 0.496. The summed E-state index contributed by atoms with van der Waals surface area (Å²) in [6.45, 7) is 0. The third-order valence-corrected chi connectivity index (χ3v) is 3.24. The first-order valence-corrected chi connectivity index (χ1v) is 4.20. The van der Waals surface area contributed by atoms with E-state index in [1.165, 1.54) is 0 Å². The Kier molecular flexibility index (Phi) is 1.63. The zero-order chi connectivity index (χ0) is 8.88. The number of aliphatic carboxylic acids is 1. The van der Waals surface area contributed by atoms with E-state index in [0.29, 0.717) is 12.8 Å². The van der Waals surface area contributed by atoms with Gasteiger partial charge >= 0.3 is 5.97 Å². The van der Waals surface area contributed by atoms with Gasteiger partial charge in [-0.05, 0) is 18.8 Å². The number of aliphatic hydroxyl groups excluding tert-OH is 2. The van der Waals surface area contributed by atoms with Crippen molar-refractivity contribution in [1.82, 2.24) is 0 Å². The normalized spacial score (nSPS) is 51.3. The molecule has 2 aliphatic rings. The maximum absolute atomic E-state index is 10.7. The molecular formula is C8H12O4. The van der Waals surface area contributed by atoms with E-state index in [1.807, 2.05) is 0 Å². The van der Waals surface area contributed by atoms with E-state index >= 15 is 0 Å². The molecule has 68 valence electrons. The molecule has 2 saturated carbocycles. The van der Waals surface area contributed by atoms with Crippen LogP contribution in [-0.4, -0.2) is 33.5 Å². The van der Waals surface area contributed by atoms with Crippen LogP contribution in [0.5, 0.6) is 0 Å². The molecule has 3 unspecified atom stereocenters. The second-order valence-electron chi connectivity index (χ2n) is 3.82. The Balaban J connectivity index is 2.15. The van der Waals surface area contributed by atoms with Gasteiger partial charge in [0.1, 0.15) is 0 Å². The van der Waals surface area contributed by atoms with Gasteiger partial charge in [-0.1, -0.05) is 0 Å². The van der Waals surface area contributed by atoms with Crippen LogP contribution in [0.1, 0.15) is 12.8 Å². The number of carboxylic acids is 1. The topological polar surface area (TPSA) is 77.8 Å². The van der Waals surface area contributed by atoms with Crippen molar-refractivity contribution in [1.29, 1.82) is 0 Å². The number of carboxylic acid groups (broad SMARTS) is 1. The standard InChI is InChI=1S/C8H12O4/c9-6-3-1-4(7(6)10)5(2-3)8(11)12/h3-7,9-10H,1-2H2,(H,11,12)/t3-,4?,5?,6+,7?/m0/s1. The first-order chi connectivity index (χ1) is 5.61. The largest absolute Gasteiger partial charge is 0.481 e. The summed E-state index contributed by atoms with van der Waals surface area (Å²) in [5.41, 5.74) is 0. The summed E-state index contributed by atoms with van der Waals surface area (Å²) in [6, 6.07) is 0. The first-order valence-electron chi connectivity index (χ1n) is 4.20. The highest BCUT2D eigenvalue weighted by Crippen LogP contribution is 2.48. The Morgan fingerprint density at radius 2 is 1.83 bits per heavy atom. The lowest BCUT2D eigenvalue weighted by molar-refractivity contribution is -0.147. The number of hydrogen-bond acceptors (Lipinski definition) is 3. The Labute approximate surface area is 69.8 Å². The fraction of sp³-hybridized carbons (Fsp3) is 0.875. The predicted molar refractivity (Wildman–Crippen MR) is 39.4 cm³/mol. The van der Waals surface area contributed by atoms with Gasteiger partial charge in [-0.25, -0.2) is 0 Å². The molecule has 2 fully saturated rings. The lowest BCUT2D eigenvalue weighted by Gasteiger charge is -2.26. The Morgan fingerprint density at radius 1 is 1.17 bits per heavy atom. The van der Waals surface area contributed by atoms with E-state index in [-0.39, 0.29) is 11.8 Å². The lowest BCUT2D eigenvalue weighted by Crippen LogP contribution is -2.39. The number of hydrogen-bond donors (Lipinski definition) is 3. The van der Waals surface area contributed by atoms with Crippen LogP contribution >= 0.6 is 0 Å². The molecule has 0 radical (unpaired) electrons. The van der Waals surface area contributed by atoms with Crippen molar-refractivity contribution in [2.24, 2.45) is 17.8 Å². The Hall–Kier alpha value is -0.610. The SMILES string of the molecule is O=C(O)C1C[C@@H]2CC1C(O)[C@@H]2O. The maximum atomic E-state index is 10.7. The van der Waals surface area contributed by atoms with E-state index in [4.69, 9.17) is 5.11 Å². The van der Waals surface area contributed by atoms with E-state index in [1.54, 1.807) is 0 Å². The molecule has 0 aromatic rings. The third-order valence-electron chi connectivity index (χ3n) is 3.24. The third kappa shape index (κ3) is 0.881. The van der Waals surface area contributed by atoms with Crippen molar-refractivity contribution >= 4 is 5.97 Å². The van der Waals surface area contributed by atoms with Crippen LogP contribution in [0, 0.1) is 17.8 Å². The van der Waals surface area contributed by atoms with Crippen LogP contribution in [0.25, 0.3) is 0 Å². The molecule has 2 rings (SSSR count). The second-order valence-corrected chi connectivity index (χ2v) is 3.82. The van der Waals surface area contributed by atoms with E-state index in [0.717, 1.165) is 0 Å². The molecule has 12 heavy (non-hydrogen) atoms. The molecule has 2 bridgehead atoms. The summed E-state index contributed by atoms with van der Waals surface area (Å²) in [5.74, 6) is -1.49. The zero-order valence-electron chi connectivity index (χ0n) is 6.55. The molecule has 0 saturated heterocycles. The van der Waals surface area contributed by atoms with Crippen molar-refractivity contribution in [2.75, 3.05) is 0 Å². The van der Waals surface area contributed by atoms with Crippen molar-refractivity contribution in [3.63, 3.8) is 0 Å². The van der Waals surface area contributed by atoms with Gasteiger partial charge in [0.05, 0.1) is 18.1 Å². The molecular weight excluding hydrogens is 160 g/mol. The highest BCUT2D eigenvalue weighted by molar-refractivity contribution is 5.71. The summed E-state index contributed by atoms with van der Waals surface area (Å²) in [5, 5.41) is 27.5. The number of rotatable bonds is 1. The van der Waals surface area contributed by atoms with Crippen LogP contribution in [0.4, 0.5) is 0 Å². The van der Waals surface area contributed by atoms with Crippen molar-refractivity contribution < 1.29 is 20.1 Å². The summed E-state index contributed by atoms with van der Waals surface area (Å²) in [7, 11) is 0. The van der Waals surface area contributed by atoms with E-state index in [2.05, 4.69) is 0 Å². The molecule has 0 aromatic carbocycles. The van der Waals surface area contributed by atoms with Gasteiger partial charge in [0.15, 0.2) is 0 Å². The fourth-order valence-electron chi connectivity index (χ4n) is 2.58. The molecule has 5 atom stereocenters. The molecule has 2 aliphatic carbocycles. The molecule has 4 nitrogen and oxygen atoms in total. The van der Waals surface area contributed by atoms with Crippen molar-refractivity contribution in [2.45, 2.75) is 25.0 Å². The molecule has 0 spiro atoms. The van der Waals surface area contributed by atoms with Crippen LogP contribution < -0.4 is 0 Å². The van der Waals surface area contributed by atoms with Gasteiger partial charge in [0.25, 0.3) is 0 Å². The van der Waals surface area contributed by atoms with Crippen LogP contribution in [0.15, 0.2) is 0 Å². The van der Waals surface area contributed by atoms with E-state index < -0.39 is 24.1 Å². The summed E-state index contributed by atoms with van der Waals surface area (Å²) >= 11 is 0. The first kappa shape index (κ1) is 8.01. The number of aliphatic hydroxyl groups is 2. The van der Waals surface area contributed by atoms with Crippen molar-refractivity contribution in [3.05, 3.63) is 0 Å². The molecule has 0 aliphatic heterocycles. The summed E-state index contributed by atoms with van der Waals surface area (Å²) < 4.78 is 0. The van der Waals surface area contributed by atoms with Gasteiger partial charge < -0.3 is 15.3 Å². The summed E-state index contributed by atoms with van der Waals surface area (Å²) in [4.78, 5) is 10.7. The monoisotopic (exact) mass is 172 g/mol. The molecule has 0 aromatic heterocycles. The Morgan fingerprint density at radius 3 is 2.25 bits per heavy atom. The lowest BCUT2D eigenvalue weighted by atomic mass is 9.85. The van der Waals surface area contributed by atoms with Gasteiger partial charge in [-0.3, -0.25) is 4.79 Å². The average molecular weight is 172 g/mol. The van der Waals surface area contributed by atoms with Gasteiger partial charge in [-0.15, -0.1) is 0 Å². The minimum atomic E-state index is -0.839. The molecule has 0 amide bonds. The average Bonchev–Trinajstić information content (AvgIpc) is 2.53. The highest BCUT2D eigenvalue weighted by atomic mass is 16.4. The van der Waals surface area contributed by atoms with Crippen molar-refractivity contribution in [3.8, 4) is 0 Å². The van der Waals surface area contributed by atoms with Crippen LogP contribution in [-0.2, 0) is 4.79 Å². The zero-order valence-corrected chi connectivity index (χ0v) is 6.55. The van der Waals surface area contributed by atoms with Crippen LogP contribution in [0.2, 0.25) is 0 Å². The van der Waals surface area contributed by atoms with Gasteiger partial charge in [0.2, 0.25) is 0 Å². The predicted octanol–water partition coefficient (Wildman–Crippen LogP) is -0.551. The van der Waals surface area contributed by atoms with E-state index in [9.17, 15) is 15.0 Å².